The van der Waals surface area contributed by atoms with E-state index in [-0.39, 0.29) is 12.5 Å². The van der Waals surface area contributed by atoms with E-state index >= 15 is 0 Å². The Morgan fingerprint density at radius 3 is 2.36 bits per heavy atom. The van der Waals surface area contributed by atoms with Crippen LogP contribution in [-0.4, -0.2) is 18.4 Å². The van der Waals surface area contributed by atoms with Crippen molar-refractivity contribution in [2.75, 3.05) is 17.2 Å². The highest BCUT2D eigenvalue weighted by molar-refractivity contribution is 6.06. The van der Waals surface area contributed by atoms with Crippen molar-refractivity contribution >= 4 is 23.2 Å². The van der Waals surface area contributed by atoms with Gasteiger partial charge >= 0.3 is 0 Å². The molecule has 6 nitrogen and oxygen atoms in total. The third kappa shape index (κ3) is 4.96. The highest BCUT2D eigenvalue weighted by Gasteiger charge is 2.13. The maximum Gasteiger partial charge on any atom is 0.262 e. The van der Waals surface area contributed by atoms with E-state index in [9.17, 15) is 9.59 Å². The van der Waals surface area contributed by atoms with E-state index in [1.165, 1.54) is 0 Å². The average molecular weight is 371 g/mol. The van der Waals surface area contributed by atoms with Crippen LogP contribution in [0.3, 0.4) is 0 Å². The Hall–Kier alpha value is -4.11. The molecule has 0 aliphatic carbocycles. The molecule has 0 aliphatic heterocycles. The second kappa shape index (κ2) is 9.01. The normalized spacial score (nSPS) is 9.82. The van der Waals surface area contributed by atoms with Crippen molar-refractivity contribution in [1.82, 2.24) is 0 Å². The number of nitrogens with one attached hydrogen (secondary N) is 2. The van der Waals surface area contributed by atoms with Gasteiger partial charge in [-0.15, -0.1) is 0 Å². The molecule has 0 heterocycles. The number of ether oxygens (including phenoxy) is 1. The molecule has 3 aromatic rings. The van der Waals surface area contributed by atoms with Gasteiger partial charge < -0.3 is 15.4 Å². The maximum absolute atomic E-state index is 12.5. The number of para-hydroxylation sites is 2. The monoisotopic (exact) mass is 371 g/mol. The fourth-order valence-corrected chi connectivity index (χ4v) is 2.51. The molecule has 2 amide bonds. The number of hydrogen-bond donors (Lipinski definition) is 2. The minimum absolute atomic E-state index is 0.271. The lowest BCUT2D eigenvalue weighted by atomic mass is 10.2. The fourth-order valence-electron chi connectivity index (χ4n) is 2.51. The topological polar surface area (TPSA) is 91.2 Å². The molecule has 0 unspecified atom stereocenters. The SMILES string of the molecule is N#Cc1cccc(NC(=O)COc2ccccc2C(=O)Nc2ccccc2)c1. The maximum atomic E-state index is 12.5. The molecular weight excluding hydrogens is 354 g/mol. The van der Waals surface area contributed by atoms with Crippen LogP contribution in [0.2, 0.25) is 0 Å². The molecule has 0 bridgehead atoms. The Labute approximate surface area is 162 Å². The summed E-state index contributed by atoms with van der Waals surface area (Å²) in [5.41, 5.74) is 1.94. The Bertz CT molecular complexity index is 1030. The molecule has 3 rings (SSSR count). The molecular formula is C22H17N3O3. The molecule has 2 N–H and O–H groups in total. The minimum atomic E-state index is -0.395. The van der Waals surface area contributed by atoms with Crippen LogP contribution < -0.4 is 15.4 Å². The molecule has 0 atom stereocenters. The van der Waals surface area contributed by atoms with Crippen LogP contribution in [-0.2, 0) is 4.79 Å². The number of carbonyl (C=O) groups excluding carboxylic acids is 2. The van der Waals surface area contributed by atoms with Gasteiger partial charge in [0.1, 0.15) is 5.75 Å². The van der Waals surface area contributed by atoms with E-state index < -0.39 is 5.91 Å². The predicted octanol–water partition coefficient (Wildman–Crippen LogP) is 3.83. The molecule has 0 saturated carbocycles. The summed E-state index contributed by atoms with van der Waals surface area (Å²) in [5.74, 6) is -0.422. The lowest BCUT2D eigenvalue weighted by Gasteiger charge is -2.12. The molecule has 0 aromatic heterocycles. The number of carbonyl (C=O) groups is 2. The molecule has 0 radical (unpaired) electrons. The predicted molar refractivity (Wildman–Crippen MR) is 106 cm³/mol. The molecule has 0 saturated heterocycles. The largest absolute Gasteiger partial charge is 0.483 e. The Kier molecular flexibility index (Phi) is 6.01. The molecule has 6 heteroatoms. The zero-order valence-electron chi connectivity index (χ0n) is 14.9. The summed E-state index contributed by atoms with van der Waals surface area (Å²) < 4.78 is 5.55. The first-order valence-electron chi connectivity index (χ1n) is 8.54. The third-order valence-corrected chi connectivity index (χ3v) is 3.80. The van der Waals surface area contributed by atoms with Crippen molar-refractivity contribution in [1.29, 1.82) is 5.26 Å². The zero-order valence-corrected chi connectivity index (χ0v) is 14.9. The van der Waals surface area contributed by atoms with Gasteiger partial charge in [0.25, 0.3) is 11.8 Å². The first kappa shape index (κ1) is 18.7. The quantitative estimate of drug-likeness (QED) is 0.689. The molecule has 0 aliphatic rings. The van der Waals surface area contributed by atoms with Gasteiger partial charge in [-0.05, 0) is 42.5 Å². The Morgan fingerprint density at radius 2 is 1.57 bits per heavy atom. The van der Waals surface area contributed by atoms with Gasteiger partial charge in [-0.25, -0.2) is 0 Å². The van der Waals surface area contributed by atoms with E-state index in [1.807, 2.05) is 24.3 Å². The number of nitrogens with zero attached hydrogens (tertiary/aromatic N) is 1. The Morgan fingerprint density at radius 1 is 0.857 bits per heavy atom. The molecule has 0 fully saturated rings. The smallest absolute Gasteiger partial charge is 0.262 e. The van der Waals surface area contributed by atoms with Crippen LogP contribution in [0.25, 0.3) is 0 Å². The zero-order chi connectivity index (χ0) is 19.8. The van der Waals surface area contributed by atoms with E-state index in [0.29, 0.717) is 28.3 Å². The van der Waals surface area contributed by atoms with Crippen LogP contribution >= 0.6 is 0 Å². The first-order chi connectivity index (χ1) is 13.7. The lowest BCUT2D eigenvalue weighted by molar-refractivity contribution is -0.118. The molecule has 3 aromatic carbocycles. The van der Waals surface area contributed by atoms with E-state index in [1.54, 1.807) is 60.7 Å². The highest BCUT2D eigenvalue weighted by Crippen LogP contribution is 2.20. The molecule has 28 heavy (non-hydrogen) atoms. The second-order valence-electron chi connectivity index (χ2n) is 5.85. The summed E-state index contributed by atoms with van der Waals surface area (Å²) in [6, 6.07) is 24.4. The van der Waals surface area contributed by atoms with Crippen molar-refractivity contribution < 1.29 is 14.3 Å². The highest BCUT2D eigenvalue weighted by atomic mass is 16.5. The standard InChI is InChI=1S/C22H17N3O3/c23-14-16-7-6-10-18(13-16)24-21(26)15-28-20-12-5-4-11-19(20)22(27)25-17-8-2-1-3-9-17/h1-13H,15H2,(H,24,26)(H,25,27). The number of nitriles is 1. The minimum Gasteiger partial charge on any atom is -0.483 e. The number of benzene rings is 3. The van der Waals surface area contributed by atoms with Gasteiger partial charge in [0.05, 0.1) is 17.2 Å². The Balaban J connectivity index is 1.64. The van der Waals surface area contributed by atoms with E-state index in [0.717, 1.165) is 0 Å². The molecule has 0 spiro atoms. The summed E-state index contributed by atoms with van der Waals surface area (Å²) in [6.07, 6.45) is 0. The molecule has 138 valence electrons. The van der Waals surface area contributed by atoms with Crippen LogP contribution in [0.15, 0.2) is 78.9 Å². The van der Waals surface area contributed by atoms with E-state index in [4.69, 9.17) is 10.00 Å². The first-order valence-corrected chi connectivity index (χ1v) is 8.54. The average Bonchev–Trinajstić information content (AvgIpc) is 2.73. The van der Waals surface area contributed by atoms with Gasteiger partial charge in [-0.2, -0.15) is 5.26 Å². The summed E-state index contributed by atoms with van der Waals surface area (Å²) in [4.78, 5) is 24.7. The van der Waals surface area contributed by atoms with Crippen LogP contribution in [0.1, 0.15) is 15.9 Å². The van der Waals surface area contributed by atoms with Gasteiger partial charge in [0.2, 0.25) is 0 Å². The summed E-state index contributed by atoms with van der Waals surface area (Å²) in [5, 5.41) is 14.4. The second-order valence-corrected chi connectivity index (χ2v) is 5.85. The fraction of sp³-hybridized carbons (Fsp3) is 0.0455. The van der Waals surface area contributed by atoms with E-state index in [2.05, 4.69) is 10.6 Å². The van der Waals surface area contributed by atoms with Crippen LogP contribution in [0.4, 0.5) is 11.4 Å². The summed E-state index contributed by atoms with van der Waals surface area (Å²) in [6.45, 7) is -0.271. The van der Waals surface area contributed by atoms with Crippen molar-refractivity contribution in [3.63, 3.8) is 0 Å². The van der Waals surface area contributed by atoms with Gasteiger partial charge in [0.15, 0.2) is 6.61 Å². The number of amides is 2. The lowest BCUT2D eigenvalue weighted by Crippen LogP contribution is -2.21. The van der Waals surface area contributed by atoms with Crippen molar-refractivity contribution in [2.45, 2.75) is 0 Å². The summed E-state index contributed by atoms with van der Waals surface area (Å²) >= 11 is 0. The van der Waals surface area contributed by atoms with Crippen LogP contribution in [0.5, 0.6) is 5.75 Å². The van der Waals surface area contributed by atoms with Crippen molar-refractivity contribution in [2.24, 2.45) is 0 Å². The summed E-state index contributed by atoms with van der Waals surface area (Å²) in [7, 11) is 0. The van der Waals surface area contributed by atoms with Crippen LogP contribution in [0, 0.1) is 11.3 Å². The van der Waals surface area contributed by atoms with Crippen molar-refractivity contribution in [3.05, 3.63) is 90.0 Å². The third-order valence-electron chi connectivity index (χ3n) is 3.80. The van der Waals surface area contributed by atoms with Gasteiger partial charge in [-0.3, -0.25) is 9.59 Å². The van der Waals surface area contributed by atoms with Gasteiger partial charge in [0, 0.05) is 11.4 Å². The number of hydrogen-bond acceptors (Lipinski definition) is 4. The van der Waals surface area contributed by atoms with Crippen molar-refractivity contribution in [3.8, 4) is 11.8 Å². The number of rotatable bonds is 6. The van der Waals surface area contributed by atoms with Gasteiger partial charge in [-0.1, -0.05) is 36.4 Å². The number of anilines is 2.